The highest BCUT2D eigenvalue weighted by atomic mass is 16.5. The van der Waals surface area contributed by atoms with Crippen molar-refractivity contribution in [1.82, 2.24) is 0 Å². The van der Waals surface area contributed by atoms with Crippen LogP contribution in [-0.4, -0.2) is 0 Å². The number of rotatable bonds is 3. The van der Waals surface area contributed by atoms with Crippen LogP contribution in [0, 0.1) is 11.3 Å². The maximum Gasteiger partial charge on any atom is 0.120 e. The molecule has 0 aromatic heterocycles. The van der Waals surface area contributed by atoms with Crippen molar-refractivity contribution in [2.45, 2.75) is 64.9 Å². The predicted octanol–water partition coefficient (Wildman–Crippen LogP) is 6.30. The zero-order valence-electron chi connectivity index (χ0n) is 15.8. The number of fused-ring (bicyclic) bond motifs is 3. The SMILES string of the molecule is CC1(C)CCCC2(C)c3cc(OCc4ccccc4)ccc3CCC12. The van der Waals surface area contributed by atoms with Crippen molar-refractivity contribution in [1.29, 1.82) is 0 Å². The molecule has 25 heavy (non-hydrogen) atoms. The number of hydrogen-bond acceptors (Lipinski definition) is 1. The second kappa shape index (κ2) is 6.20. The Hall–Kier alpha value is -1.76. The minimum Gasteiger partial charge on any atom is -0.489 e. The van der Waals surface area contributed by atoms with Crippen LogP contribution in [0.15, 0.2) is 48.5 Å². The Balaban J connectivity index is 1.62. The average molecular weight is 335 g/mol. The van der Waals surface area contributed by atoms with Gasteiger partial charge in [0.1, 0.15) is 12.4 Å². The fraction of sp³-hybridized carbons (Fsp3) is 0.500. The van der Waals surface area contributed by atoms with Gasteiger partial charge in [-0.1, -0.05) is 63.6 Å². The average Bonchev–Trinajstić information content (AvgIpc) is 2.60. The van der Waals surface area contributed by atoms with E-state index in [1.54, 1.807) is 11.1 Å². The van der Waals surface area contributed by atoms with Crippen molar-refractivity contribution < 1.29 is 4.74 Å². The normalized spacial score (nSPS) is 27.2. The standard InChI is InChI=1S/C24H30O/c1-23(2)14-7-15-24(3)21-16-20(12-10-19(21)11-13-22(23)24)25-17-18-8-5-4-6-9-18/h4-6,8-10,12,16,22H,7,11,13-15,17H2,1-3H3. The lowest BCUT2D eigenvalue weighted by Crippen LogP contribution is -2.47. The summed E-state index contributed by atoms with van der Waals surface area (Å²) in [6.07, 6.45) is 6.58. The van der Waals surface area contributed by atoms with Crippen LogP contribution in [0.5, 0.6) is 5.75 Å². The van der Waals surface area contributed by atoms with E-state index in [0.29, 0.717) is 17.4 Å². The molecule has 0 bridgehead atoms. The Morgan fingerprint density at radius 1 is 1.00 bits per heavy atom. The zero-order valence-corrected chi connectivity index (χ0v) is 15.8. The molecule has 2 aromatic rings. The van der Waals surface area contributed by atoms with E-state index < -0.39 is 0 Å². The van der Waals surface area contributed by atoms with Gasteiger partial charge in [-0.05, 0) is 71.3 Å². The number of benzene rings is 2. The molecule has 2 aliphatic rings. The quantitative estimate of drug-likeness (QED) is 0.640. The minimum atomic E-state index is 0.307. The Labute approximate surface area is 152 Å². The van der Waals surface area contributed by atoms with Gasteiger partial charge in [-0.2, -0.15) is 0 Å². The third kappa shape index (κ3) is 2.99. The van der Waals surface area contributed by atoms with E-state index in [0.717, 1.165) is 11.7 Å². The van der Waals surface area contributed by atoms with Gasteiger partial charge in [0.15, 0.2) is 0 Å². The lowest BCUT2D eigenvalue weighted by atomic mass is 9.50. The zero-order chi connectivity index (χ0) is 17.5. The molecule has 0 saturated heterocycles. The molecule has 0 N–H and O–H groups in total. The molecular weight excluding hydrogens is 304 g/mol. The monoisotopic (exact) mass is 334 g/mol. The summed E-state index contributed by atoms with van der Waals surface area (Å²) in [5.74, 6) is 1.80. The number of aryl methyl sites for hydroxylation is 1. The molecule has 2 aliphatic carbocycles. The molecule has 0 heterocycles. The summed E-state index contributed by atoms with van der Waals surface area (Å²) in [5, 5.41) is 0. The van der Waals surface area contributed by atoms with Gasteiger partial charge in [-0.3, -0.25) is 0 Å². The molecular formula is C24H30O. The van der Waals surface area contributed by atoms with Crippen molar-refractivity contribution >= 4 is 0 Å². The van der Waals surface area contributed by atoms with E-state index in [9.17, 15) is 0 Å². The molecule has 1 fully saturated rings. The molecule has 1 nitrogen and oxygen atoms in total. The van der Waals surface area contributed by atoms with Crippen LogP contribution >= 0.6 is 0 Å². The first-order valence-corrected chi connectivity index (χ1v) is 9.79. The molecule has 132 valence electrons. The Bertz CT molecular complexity index is 746. The third-order valence-corrected chi connectivity index (χ3v) is 6.88. The van der Waals surface area contributed by atoms with Crippen LogP contribution in [0.3, 0.4) is 0 Å². The Morgan fingerprint density at radius 3 is 2.60 bits per heavy atom. The van der Waals surface area contributed by atoms with Gasteiger partial charge >= 0.3 is 0 Å². The first kappa shape index (κ1) is 16.7. The van der Waals surface area contributed by atoms with E-state index >= 15 is 0 Å². The molecule has 0 amide bonds. The fourth-order valence-electron chi connectivity index (χ4n) is 5.59. The smallest absolute Gasteiger partial charge is 0.120 e. The lowest BCUT2D eigenvalue weighted by molar-refractivity contribution is 0.0405. The van der Waals surface area contributed by atoms with Crippen LogP contribution in [0.2, 0.25) is 0 Å². The summed E-state index contributed by atoms with van der Waals surface area (Å²) in [4.78, 5) is 0. The van der Waals surface area contributed by atoms with Crippen LogP contribution in [0.4, 0.5) is 0 Å². The van der Waals surface area contributed by atoms with E-state index in [4.69, 9.17) is 4.74 Å². The van der Waals surface area contributed by atoms with Crippen molar-refractivity contribution in [3.8, 4) is 5.75 Å². The van der Waals surface area contributed by atoms with Crippen LogP contribution in [0.1, 0.15) is 63.1 Å². The molecule has 0 spiro atoms. The van der Waals surface area contributed by atoms with Gasteiger partial charge in [0.2, 0.25) is 0 Å². The molecule has 1 saturated carbocycles. The third-order valence-electron chi connectivity index (χ3n) is 6.88. The van der Waals surface area contributed by atoms with Gasteiger partial charge in [-0.15, -0.1) is 0 Å². The molecule has 1 heteroatoms. The first-order chi connectivity index (χ1) is 12.0. The molecule has 2 aromatic carbocycles. The highest BCUT2D eigenvalue weighted by Crippen LogP contribution is 2.57. The van der Waals surface area contributed by atoms with Crippen LogP contribution in [0.25, 0.3) is 0 Å². The minimum absolute atomic E-state index is 0.307. The molecule has 2 atom stereocenters. The summed E-state index contributed by atoms with van der Waals surface area (Å²) >= 11 is 0. The van der Waals surface area contributed by atoms with Gasteiger partial charge in [-0.25, -0.2) is 0 Å². The maximum absolute atomic E-state index is 6.13. The lowest BCUT2D eigenvalue weighted by Gasteiger charge is -2.54. The van der Waals surface area contributed by atoms with Gasteiger partial charge in [0, 0.05) is 0 Å². The largest absolute Gasteiger partial charge is 0.489 e. The fourth-order valence-corrected chi connectivity index (χ4v) is 5.59. The van der Waals surface area contributed by atoms with Crippen LogP contribution < -0.4 is 4.74 Å². The summed E-state index contributed by atoms with van der Waals surface area (Å²) in [5.41, 5.74) is 5.08. The predicted molar refractivity (Wildman–Crippen MR) is 104 cm³/mol. The molecule has 0 aliphatic heterocycles. The second-order valence-corrected chi connectivity index (χ2v) is 8.94. The van der Waals surface area contributed by atoms with Crippen molar-refractivity contribution in [3.63, 3.8) is 0 Å². The summed E-state index contributed by atoms with van der Waals surface area (Å²) in [7, 11) is 0. The summed E-state index contributed by atoms with van der Waals surface area (Å²) < 4.78 is 6.13. The summed E-state index contributed by atoms with van der Waals surface area (Å²) in [6.45, 7) is 8.12. The van der Waals surface area contributed by atoms with Gasteiger partial charge in [0.25, 0.3) is 0 Å². The summed E-state index contributed by atoms with van der Waals surface area (Å²) in [6, 6.07) is 17.3. The second-order valence-electron chi connectivity index (χ2n) is 8.94. The molecule has 2 unspecified atom stereocenters. The molecule has 0 radical (unpaired) electrons. The van der Waals surface area contributed by atoms with E-state index in [-0.39, 0.29) is 0 Å². The van der Waals surface area contributed by atoms with Gasteiger partial charge in [0.05, 0.1) is 0 Å². The van der Waals surface area contributed by atoms with E-state index in [1.807, 2.05) is 6.07 Å². The van der Waals surface area contributed by atoms with Gasteiger partial charge < -0.3 is 4.74 Å². The molecule has 4 rings (SSSR count). The van der Waals surface area contributed by atoms with Crippen molar-refractivity contribution in [3.05, 3.63) is 65.2 Å². The van der Waals surface area contributed by atoms with E-state index in [2.05, 4.69) is 63.2 Å². The van der Waals surface area contributed by atoms with Crippen LogP contribution in [-0.2, 0) is 18.4 Å². The van der Waals surface area contributed by atoms with Crippen molar-refractivity contribution in [2.75, 3.05) is 0 Å². The number of hydrogen-bond donors (Lipinski definition) is 0. The highest BCUT2D eigenvalue weighted by Gasteiger charge is 2.49. The van der Waals surface area contributed by atoms with E-state index in [1.165, 1.54) is 37.7 Å². The first-order valence-electron chi connectivity index (χ1n) is 9.79. The maximum atomic E-state index is 6.13. The van der Waals surface area contributed by atoms with Crippen molar-refractivity contribution in [2.24, 2.45) is 11.3 Å². The Morgan fingerprint density at radius 2 is 1.80 bits per heavy atom. The topological polar surface area (TPSA) is 9.23 Å². The Kier molecular flexibility index (Phi) is 4.14. The number of ether oxygens (including phenoxy) is 1. The highest BCUT2D eigenvalue weighted by molar-refractivity contribution is 5.43.